The molecule has 0 aromatic rings. The van der Waals surface area contributed by atoms with Gasteiger partial charge in [-0.3, -0.25) is 4.90 Å². The van der Waals surface area contributed by atoms with Gasteiger partial charge in [-0.2, -0.15) is 13.2 Å². The highest BCUT2D eigenvalue weighted by molar-refractivity contribution is 4.81. The van der Waals surface area contributed by atoms with Gasteiger partial charge >= 0.3 is 6.18 Å². The summed E-state index contributed by atoms with van der Waals surface area (Å²) in [5.74, 6) is -1.16. The van der Waals surface area contributed by atoms with Crippen molar-refractivity contribution in [3.05, 3.63) is 0 Å². The van der Waals surface area contributed by atoms with Crippen LogP contribution in [0.4, 0.5) is 13.2 Å². The standard InChI is InChI=1S/C13H25F3N2O/c1-11(9-17-6-4-8-19-2)18-7-3-5-12(10-18)13(14,15)16/h11-12,17H,3-10H2,1-2H3. The Kier molecular flexibility index (Phi) is 7.10. The fourth-order valence-corrected chi connectivity index (χ4v) is 2.46. The van der Waals surface area contributed by atoms with Crippen LogP contribution in [0.15, 0.2) is 0 Å². The summed E-state index contributed by atoms with van der Waals surface area (Å²) in [7, 11) is 1.66. The molecule has 0 aromatic heterocycles. The van der Waals surface area contributed by atoms with Crippen molar-refractivity contribution in [3.63, 3.8) is 0 Å². The van der Waals surface area contributed by atoms with Crippen molar-refractivity contribution in [2.24, 2.45) is 5.92 Å². The molecule has 2 atom stereocenters. The first-order chi connectivity index (χ1) is 8.95. The third-order valence-corrected chi connectivity index (χ3v) is 3.68. The monoisotopic (exact) mass is 282 g/mol. The smallest absolute Gasteiger partial charge is 0.385 e. The minimum absolute atomic E-state index is 0.143. The molecule has 1 saturated heterocycles. The number of ether oxygens (including phenoxy) is 1. The summed E-state index contributed by atoms with van der Waals surface area (Å²) in [6.07, 6.45) is -2.22. The Bertz CT molecular complexity index is 249. The minimum atomic E-state index is -4.05. The van der Waals surface area contributed by atoms with Crippen molar-refractivity contribution in [2.45, 2.75) is 38.4 Å². The molecule has 1 heterocycles. The predicted molar refractivity (Wildman–Crippen MR) is 69.2 cm³/mol. The summed E-state index contributed by atoms with van der Waals surface area (Å²) in [6.45, 7) is 5.18. The van der Waals surface area contributed by atoms with Crippen LogP contribution in [0.5, 0.6) is 0 Å². The van der Waals surface area contributed by atoms with Gasteiger partial charge < -0.3 is 10.1 Å². The Balaban J connectivity index is 2.26. The van der Waals surface area contributed by atoms with Crippen LogP contribution in [0.1, 0.15) is 26.2 Å². The number of nitrogens with zero attached hydrogens (tertiary/aromatic N) is 1. The summed E-state index contributed by atoms with van der Waals surface area (Å²) in [6, 6.07) is 0.146. The van der Waals surface area contributed by atoms with Gasteiger partial charge in [-0.1, -0.05) is 0 Å². The number of halogens is 3. The first-order valence-electron chi connectivity index (χ1n) is 6.95. The topological polar surface area (TPSA) is 24.5 Å². The maximum atomic E-state index is 12.7. The van der Waals surface area contributed by atoms with Gasteiger partial charge in [0.05, 0.1) is 5.92 Å². The average Bonchev–Trinajstić information content (AvgIpc) is 2.37. The molecule has 0 spiro atoms. The fourth-order valence-electron chi connectivity index (χ4n) is 2.46. The van der Waals surface area contributed by atoms with Crippen LogP contribution in [-0.2, 0) is 4.74 Å². The highest BCUT2D eigenvalue weighted by atomic mass is 19.4. The third-order valence-electron chi connectivity index (χ3n) is 3.68. The zero-order chi connectivity index (χ0) is 14.3. The van der Waals surface area contributed by atoms with E-state index in [4.69, 9.17) is 4.74 Å². The minimum Gasteiger partial charge on any atom is -0.385 e. The maximum absolute atomic E-state index is 12.7. The highest BCUT2D eigenvalue weighted by Gasteiger charge is 2.42. The van der Waals surface area contributed by atoms with Gasteiger partial charge in [0.1, 0.15) is 0 Å². The molecule has 0 aromatic carbocycles. The zero-order valence-electron chi connectivity index (χ0n) is 11.8. The van der Waals surface area contributed by atoms with E-state index >= 15 is 0 Å². The van der Waals surface area contributed by atoms with E-state index in [2.05, 4.69) is 5.32 Å². The lowest BCUT2D eigenvalue weighted by molar-refractivity contribution is -0.188. The van der Waals surface area contributed by atoms with Gasteiger partial charge in [-0.05, 0) is 39.3 Å². The normalized spacial score (nSPS) is 23.5. The predicted octanol–water partition coefficient (Wildman–Crippen LogP) is 2.28. The second-order valence-corrected chi connectivity index (χ2v) is 5.28. The Morgan fingerprint density at radius 2 is 2.16 bits per heavy atom. The number of hydrogen-bond acceptors (Lipinski definition) is 3. The summed E-state index contributed by atoms with van der Waals surface area (Å²) < 4.78 is 43.1. The summed E-state index contributed by atoms with van der Waals surface area (Å²) in [4.78, 5) is 1.95. The van der Waals surface area contributed by atoms with E-state index in [-0.39, 0.29) is 19.0 Å². The van der Waals surface area contributed by atoms with Crippen LogP contribution in [0.3, 0.4) is 0 Å². The molecule has 1 aliphatic rings. The second-order valence-electron chi connectivity index (χ2n) is 5.28. The molecular weight excluding hydrogens is 257 g/mol. The van der Waals surface area contributed by atoms with Crippen LogP contribution in [0, 0.1) is 5.92 Å². The van der Waals surface area contributed by atoms with Crippen molar-refractivity contribution in [2.75, 3.05) is 39.9 Å². The van der Waals surface area contributed by atoms with Gasteiger partial charge in [-0.25, -0.2) is 0 Å². The molecule has 6 heteroatoms. The van der Waals surface area contributed by atoms with Crippen molar-refractivity contribution in [3.8, 4) is 0 Å². The number of alkyl halides is 3. The first kappa shape index (κ1) is 16.7. The molecule has 0 amide bonds. The Morgan fingerprint density at radius 3 is 2.79 bits per heavy atom. The van der Waals surface area contributed by atoms with Gasteiger partial charge in [-0.15, -0.1) is 0 Å². The molecular formula is C13H25F3N2O. The third kappa shape index (κ3) is 6.10. The second kappa shape index (κ2) is 8.07. The molecule has 3 nitrogen and oxygen atoms in total. The number of nitrogens with one attached hydrogen (secondary N) is 1. The van der Waals surface area contributed by atoms with E-state index in [0.717, 1.165) is 26.1 Å². The summed E-state index contributed by atoms with van der Waals surface area (Å²) in [5, 5.41) is 3.27. The SMILES string of the molecule is COCCCNCC(C)N1CCCC(C(F)(F)F)C1. The zero-order valence-corrected chi connectivity index (χ0v) is 11.8. The van der Waals surface area contributed by atoms with Crippen LogP contribution < -0.4 is 5.32 Å². The Morgan fingerprint density at radius 1 is 1.42 bits per heavy atom. The van der Waals surface area contributed by atoms with Crippen molar-refractivity contribution in [1.29, 1.82) is 0 Å². The van der Waals surface area contributed by atoms with E-state index in [1.54, 1.807) is 7.11 Å². The van der Waals surface area contributed by atoms with Crippen molar-refractivity contribution < 1.29 is 17.9 Å². The number of hydrogen-bond donors (Lipinski definition) is 1. The van der Waals surface area contributed by atoms with E-state index < -0.39 is 12.1 Å². The summed E-state index contributed by atoms with van der Waals surface area (Å²) >= 11 is 0. The molecule has 1 N–H and O–H groups in total. The lowest BCUT2D eigenvalue weighted by Gasteiger charge is -2.37. The molecule has 19 heavy (non-hydrogen) atoms. The fraction of sp³-hybridized carbons (Fsp3) is 1.00. The van der Waals surface area contributed by atoms with Gasteiger partial charge in [0.15, 0.2) is 0 Å². The number of piperidine rings is 1. The quantitative estimate of drug-likeness (QED) is 0.725. The number of likely N-dealkylation sites (tertiary alicyclic amines) is 1. The molecule has 114 valence electrons. The van der Waals surface area contributed by atoms with E-state index in [0.29, 0.717) is 13.0 Å². The molecule has 1 fully saturated rings. The van der Waals surface area contributed by atoms with E-state index in [1.807, 2.05) is 11.8 Å². The van der Waals surface area contributed by atoms with E-state index in [9.17, 15) is 13.2 Å². The number of methoxy groups -OCH3 is 1. The Hall–Kier alpha value is -0.330. The van der Waals surface area contributed by atoms with Crippen LogP contribution in [0.25, 0.3) is 0 Å². The van der Waals surface area contributed by atoms with Crippen molar-refractivity contribution in [1.82, 2.24) is 10.2 Å². The molecule has 2 unspecified atom stereocenters. The maximum Gasteiger partial charge on any atom is 0.393 e. The van der Waals surface area contributed by atoms with Gasteiger partial charge in [0, 0.05) is 32.8 Å². The lowest BCUT2D eigenvalue weighted by Crippen LogP contribution is -2.48. The molecule has 0 aliphatic carbocycles. The number of rotatable bonds is 7. The van der Waals surface area contributed by atoms with Crippen molar-refractivity contribution >= 4 is 0 Å². The highest BCUT2D eigenvalue weighted by Crippen LogP contribution is 2.33. The Labute approximate surface area is 113 Å². The van der Waals surface area contributed by atoms with Crippen LogP contribution in [0.2, 0.25) is 0 Å². The summed E-state index contributed by atoms with van der Waals surface area (Å²) in [5.41, 5.74) is 0. The van der Waals surface area contributed by atoms with Crippen LogP contribution in [-0.4, -0.2) is 57.0 Å². The average molecular weight is 282 g/mol. The molecule has 0 bridgehead atoms. The van der Waals surface area contributed by atoms with Crippen LogP contribution >= 0.6 is 0 Å². The van der Waals surface area contributed by atoms with E-state index in [1.165, 1.54) is 0 Å². The lowest BCUT2D eigenvalue weighted by atomic mass is 9.96. The first-order valence-corrected chi connectivity index (χ1v) is 6.95. The largest absolute Gasteiger partial charge is 0.393 e. The molecule has 0 radical (unpaired) electrons. The van der Waals surface area contributed by atoms with Gasteiger partial charge in [0.2, 0.25) is 0 Å². The molecule has 1 aliphatic heterocycles. The molecule has 1 rings (SSSR count). The van der Waals surface area contributed by atoms with Gasteiger partial charge in [0.25, 0.3) is 0 Å². The molecule has 0 saturated carbocycles.